The predicted octanol–water partition coefficient (Wildman–Crippen LogP) is 5.79. The standard InChI is InChI=1S/C30H30N2O6/c1-30(2,3)38-29(34)26(31-27(22-11-7-5-8-12-22)23-13-9-6-10-14-23)20-24(28(33)37-4)19-21-15-17-25(18-16-21)32(35)36/h5-19,26H,20H2,1-4H3/b24-19-. The van der Waals surface area contributed by atoms with E-state index >= 15 is 0 Å². The molecule has 3 aromatic rings. The van der Waals surface area contributed by atoms with Crippen molar-refractivity contribution in [2.75, 3.05) is 7.11 Å². The Bertz CT molecular complexity index is 1280. The fourth-order valence-electron chi connectivity index (χ4n) is 3.65. The molecule has 8 nitrogen and oxygen atoms in total. The first kappa shape index (κ1) is 28.0. The molecule has 196 valence electrons. The number of ether oxygens (including phenoxy) is 2. The van der Waals surface area contributed by atoms with E-state index in [1.165, 1.54) is 37.5 Å². The van der Waals surface area contributed by atoms with Crippen molar-refractivity contribution in [2.45, 2.75) is 38.8 Å². The van der Waals surface area contributed by atoms with Crippen LogP contribution in [0.2, 0.25) is 0 Å². The van der Waals surface area contributed by atoms with Gasteiger partial charge in [-0.05, 0) is 44.5 Å². The first-order valence-corrected chi connectivity index (χ1v) is 12.0. The van der Waals surface area contributed by atoms with Crippen LogP contribution < -0.4 is 0 Å². The topological polar surface area (TPSA) is 108 Å². The number of benzene rings is 3. The molecule has 0 aromatic heterocycles. The van der Waals surface area contributed by atoms with Gasteiger partial charge in [-0.1, -0.05) is 60.7 Å². The lowest BCUT2D eigenvalue weighted by molar-refractivity contribution is -0.384. The Balaban J connectivity index is 2.11. The molecule has 0 amide bonds. The quantitative estimate of drug-likeness (QED) is 0.118. The average molecular weight is 515 g/mol. The lowest BCUT2D eigenvalue weighted by atomic mass is 9.99. The Morgan fingerprint density at radius 2 is 1.45 bits per heavy atom. The van der Waals surface area contributed by atoms with Gasteiger partial charge in [0.1, 0.15) is 5.60 Å². The van der Waals surface area contributed by atoms with Crippen LogP contribution in [0.25, 0.3) is 6.08 Å². The number of carbonyl (C=O) groups excluding carboxylic acids is 2. The van der Waals surface area contributed by atoms with Crippen LogP contribution in [0, 0.1) is 10.1 Å². The van der Waals surface area contributed by atoms with Gasteiger partial charge in [0.05, 0.1) is 17.7 Å². The molecule has 0 saturated heterocycles. The van der Waals surface area contributed by atoms with Gasteiger partial charge in [-0.2, -0.15) is 0 Å². The lowest BCUT2D eigenvalue weighted by Crippen LogP contribution is -2.32. The van der Waals surface area contributed by atoms with Gasteiger partial charge in [0.25, 0.3) is 5.69 Å². The molecule has 3 aromatic carbocycles. The minimum Gasteiger partial charge on any atom is -0.466 e. The zero-order valence-electron chi connectivity index (χ0n) is 21.8. The number of nitro benzene ring substituents is 1. The molecule has 0 radical (unpaired) electrons. The summed E-state index contributed by atoms with van der Waals surface area (Å²) in [5.41, 5.74) is 2.01. The third kappa shape index (κ3) is 7.96. The van der Waals surface area contributed by atoms with E-state index in [1.807, 2.05) is 60.7 Å². The summed E-state index contributed by atoms with van der Waals surface area (Å²) >= 11 is 0. The van der Waals surface area contributed by atoms with Crippen LogP contribution in [-0.2, 0) is 19.1 Å². The molecule has 0 aliphatic heterocycles. The van der Waals surface area contributed by atoms with E-state index in [-0.39, 0.29) is 17.7 Å². The second kappa shape index (κ2) is 12.6. The van der Waals surface area contributed by atoms with Crippen molar-refractivity contribution in [3.63, 3.8) is 0 Å². The number of nitrogens with zero attached hydrogens (tertiary/aromatic N) is 2. The highest BCUT2D eigenvalue weighted by Gasteiger charge is 2.29. The summed E-state index contributed by atoms with van der Waals surface area (Å²) in [5.74, 6) is -1.24. The van der Waals surface area contributed by atoms with E-state index < -0.39 is 28.5 Å². The maximum atomic E-state index is 13.4. The molecule has 0 saturated carbocycles. The average Bonchev–Trinajstić information content (AvgIpc) is 2.90. The van der Waals surface area contributed by atoms with E-state index in [2.05, 4.69) is 0 Å². The Hall–Kier alpha value is -4.59. The molecule has 0 aliphatic rings. The number of carbonyl (C=O) groups is 2. The monoisotopic (exact) mass is 514 g/mol. The third-order valence-corrected chi connectivity index (χ3v) is 5.36. The highest BCUT2D eigenvalue weighted by Crippen LogP contribution is 2.22. The SMILES string of the molecule is COC(=O)/C(=C\c1ccc([N+](=O)[O-])cc1)CC(N=C(c1ccccc1)c1ccccc1)C(=O)OC(C)(C)C. The highest BCUT2D eigenvalue weighted by molar-refractivity contribution is 6.13. The molecule has 1 unspecified atom stereocenters. The third-order valence-electron chi connectivity index (χ3n) is 5.36. The molecule has 0 aliphatic carbocycles. The van der Waals surface area contributed by atoms with Crippen LogP contribution >= 0.6 is 0 Å². The minimum atomic E-state index is -1.08. The number of hydrogen-bond acceptors (Lipinski definition) is 7. The number of rotatable bonds is 9. The molecule has 8 heteroatoms. The second-order valence-corrected chi connectivity index (χ2v) is 9.47. The number of nitro groups is 1. The normalized spacial score (nSPS) is 12.3. The number of aliphatic imine (C=N–C) groups is 1. The maximum absolute atomic E-state index is 13.4. The predicted molar refractivity (Wildman–Crippen MR) is 146 cm³/mol. The Morgan fingerprint density at radius 3 is 1.89 bits per heavy atom. The number of hydrogen-bond donors (Lipinski definition) is 0. The Morgan fingerprint density at radius 1 is 0.921 bits per heavy atom. The first-order valence-electron chi connectivity index (χ1n) is 12.0. The summed E-state index contributed by atoms with van der Waals surface area (Å²) in [6, 6.07) is 23.5. The number of esters is 2. The van der Waals surface area contributed by atoms with Crippen LogP contribution in [0.5, 0.6) is 0 Å². The van der Waals surface area contributed by atoms with Crippen molar-refractivity contribution in [1.82, 2.24) is 0 Å². The molecule has 0 heterocycles. The summed E-state index contributed by atoms with van der Waals surface area (Å²) in [6.45, 7) is 5.28. The largest absolute Gasteiger partial charge is 0.466 e. The van der Waals surface area contributed by atoms with E-state index in [9.17, 15) is 19.7 Å². The Kier molecular flexibility index (Phi) is 9.27. The van der Waals surface area contributed by atoms with Gasteiger partial charge in [0.15, 0.2) is 6.04 Å². The van der Waals surface area contributed by atoms with Crippen molar-refractivity contribution in [2.24, 2.45) is 4.99 Å². The van der Waals surface area contributed by atoms with E-state index in [4.69, 9.17) is 14.5 Å². The Labute approximate surface area is 221 Å². The summed E-state index contributed by atoms with van der Waals surface area (Å²) in [4.78, 5) is 41.5. The van der Waals surface area contributed by atoms with Gasteiger partial charge < -0.3 is 9.47 Å². The van der Waals surface area contributed by atoms with Crippen molar-refractivity contribution >= 4 is 29.4 Å². The number of non-ortho nitro benzene ring substituents is 1. The summed E-state index contributed by atoms with van der Waals surface area (Å²) in [5, 5.41) is 11.0. The molecule has 0 spiro atoms. The van der Waals surface area contributed by atoms with Crippen LogP contribution in [0.3, 0.4) is 0 Å². The molecular formula is C30H30N2O6. The highest BCUT2D eigenvalue weighted by atomic mass is 16.6. The van der Waals surface area contributed by atoms with E-state index in [0.29, 0.717) is 11.3 Å². The van der Waals surface area contributed by atoms with Gasteiger partial charge in [-0.25, -0.2) is 9.59 Å². The molecule has 1 atom stereocenters. The molecule has 0 N–H and O–H groups in total. The second-order valence-electron chi connectivity index (χ2n) is 9.47. The molecule has 3 rings (SSSR count). The van der Waals surface area contributed by atoms with Gasteiger partial charge in [0.2, 0.25) is 0 Å². The fraction of sp³-hybridized carbons (Fsp3) is 0.233. The molecule has 38 heavy (non-hydrogen) atoms. The number of methoxy groups -OCH3 is 1. The van der Waals surface area contributed by atoms with Gasteiger partial charge in [-0.15, -0.1) is 0 Å². The van der Waals surface area contributed by atoms with Crippen LogP contribution in [0.1, 0.15) is 43.9 Å². The van der Waals surface area contributed by atoms with Crippen LogP contribution in [-0.4, -0.2) is 41.3 Å². The first-order chi connectivity index (χ1) is 18.1. The summed E-state index contributed by atoms with van der Waals surface area (Å²) in [7, 11) is 1.25. The van der Waals surface area contributed by atoms with Gasteiger partial charge in [0, 0.05) is 35.3 Å². The van der Waals surface area contributed by atoms with Crippen molar-refractivity contribution in [3.05, 3.63) is 117 Å². The van der Waals surface area contributed by atoms with Crippen molar-refractivity contribution < 1.29 is 24.0 Å². The smallest absolute Gasteiger partial charge is 0.333 e. The van der Waals surface area contributed by atoms with Crippen molar-refractivity contribution in [3.8, 4) is 0 Å². The lowest BCUT2D eigenvalue weighted by Gasteiger charge is -2.23. The maximum Gasteiger partial charge on any atom is 0.333 e. The molecule has 0 fully saturated rings. The fourth-order valence-corrected chi connectivity index (χ4v) is 3.65. The zero-order valence-corrected chi connectivity index (χ0v) is 21.8. The zero-order chi connectivity index (χ0) is 27.7. The van der Waals surface area contributed by atoms with E-state index in [1.54, 1.807) is 20.8 Å². The van der Waals surface area contributed by atoms with Crippen LogP contribution in [0.15, 0.2) is 95.5 Å². The summed E-state index contributed by atoms with van der Waals surface area (Å²) in [6.07, 6.45) is 1.43. The minimum absolute atomic E-state index is 0.0756. The van der Waals surface area contributed by atoms with Crippen LogP contribution in [0.4, 0.5) is 5.69 Å². The van der Waals surface area contributed by atoms with Gasteiger partial charge in [-0.3, -0.25) is 15.1 Å². The van der Waals surface area contributed by atoms with Crippen molar-refractivity contribution in [1.29, 1.82) is 0 Å². The van der Waals surface area contributed by atoms with Gasteiger partial charge >= 0.3 is 11.9 Å². The molecule has 0 bridgehead atoms. The molecular weight excluding hydrogens is 484 g/mol. The summed E-state index contributed by atoms with van der Waals surface area (Å²) < 4.78 is 10.7. The van der Waals surface area contributed by atoms with E-state index in [0.717, 1.165) is 11.1 Å².